The smallest absolute Gasteiger partial charge is 0.258 e. The van der Waals surface area contributed by atoms with Crippen LogP contribution < -0.4 is 5.32 Å². The van der Waals surface area contributed by atoms with Gasteiger partial charge in [-0.05, 0) is 35.7 Å². The summed E-state index contributed by atoms with van der Waals surface area (Å²) in [7, 11) is 3.14. The van der Waals surface area contributed by atoms with Crippen LogP contribution in [0.5, 0.6) is 5.75 Å². The van der Waals surface area contributed by atoms with E-state index in [1.165, 1.54) is 24.1 Å². The standard InChI is InChI=1S/C21H18FN3O3/c1-23-20(27)16-14-8-12(7-11-3-5-13(22)6-4-11)9-24-18(14)19(26)17-15(16)10-25(2)21(17)28/h3-6,8-9,26H,7,10H2,1-2H3,(H,23,27). The van der Waals surface area contributed by atoms with Crippen LogP contribution >= 0.6 is 0 Å². The Morgan fingerprint density at radius 1 is 1.29 bits per heavy atom. The molecule has 1 aliphatic heterocycles. The van der Waals surface area contributed by atoms with Gasteiger partial charge in [0.15, 0.2) is 5.75 Å². The van der Waals surface area contributed by atoms with Crippen molar-refractivity contribution in [2.45, 2.75) is 13.0 Å². The Morgan fingerprint density at radius 3 is 2.68 bits per heavy atom. The quantitative estimate of drug-likeness (QED) is 0.733. The monoisotopic (exact) mass is 379 g/mol. The van der Waals surface area contributed by atoms with Crippen molar-refractivity contribution in [3.63, 3.8) is 0 Å². The summed E-state index contributed by atoms with van der Waals surface area (Å²) in [6.45, 7) is 0.239. The van der Waals surface area contributed by atoms with E-state index in [4.69, 9.17) is 0 Å². The number of pyridine rings is 1. The first-order chi connectivity index (χ1) is 13.4. The minimum absolute atomic E-state index is 0.132. The van der Waals surface area contributed by atoms with Crippen LogP contribution in [0.1, 0.15) is 37.4 Å². The van der Waals surface area contributed by atoms with Gasteiger partial charge in [0.25, 0.3) is 11.8 Å². The van der Waals surface area contributed by atoms with Crippen molar-refractivity contribution in [1.29, 1.82) is 0 Å². The molecule has 0 unspecified atom stereocenters. The highest BCUT2D eigenvalue weighted by atomic mass is 19.1. The molecule has 2 aromatic carbocycles. The number of amides is 2. The molecular weight excluding hydrogens is 361 g/mol. The highest BCUT2D eigenvalue weighted by molar-refractivity contribution is 6.15. The third-order valence-electron chi connectivity index (χ3n) is 5.01. The van der Waals surface area contributed by atoms with Gasteiger partial charge in [-0.1, -0.05) is 12.1 Å². The SMILES string of the molecule is CNC(=O)c1c2c(c(O)c3ncc(Cc4ccc(F)cc4)cc13)C(=O)N(C)C2. The van der Waals surface area contributed by atoms with Gasteiger partial charge < -0.3 is 15.3 Å². The van der Waals surface area contributed by atoms with E-state index in [9.17, 15) is 19.1 Å². The van der Waals surface area contributed by atoms with E-state index < -0.39 is 0 Å². The summed E-state index contributed by atoms with van der Waals surface area (Å²) in [5, 5.41) is 13.8. The maximum Gasteiger partial charge on any atom is 0.258 e. The fraction of sp³-hybridized carbons (Fsp3) is 0.190. The van der Waals surface area contributed by atoms with E-state index in [2.05, 4.69) is 10.3 Å². The van der Waals surface area contributed by atoms with E-state index in [0.29, 0.717) is 22.9 Å². The number of hydrogen-bond donors (Lipinski definition) is 2. The van der Waals surface area contributed by atoms with Gasteiger partial charge in [-0.2, -0.15) is 0 Å². The maximum atomic E-state index is 13.1. The fourth-order valence-electron chi connectivity index (χ4n) is 3.64. The van der Waals surface area contributed by atoms with Gasteiger partial charge in [0, 0.05) is 37.8 Å². The van der Waals surface area contributed by atoms with Crippen molar-refractivity contribution in [2.75, 3.05) is 14.1 Å². The van der Waals surface area contributed by atoms with Gasteiger partial charge in [-0.25, -0.2) is 4.39 Å². The van der Waals surface area contributed by atoms with Gasteiger partial charge in [0.1, 0.15) is 11.3 Å². The molecule has 142 valence electrons. The van der Waals surface area contributed by atoms with Crippen LogP contribution in [0.2, 0.25) is 0 Å². The van der Waals surface area contributed by atoms with E-state index in [0.717, 1.165) is 11.1 Å². The van der Waals surface area contributed by atoms with Crippen LogP contribution in [0.4, 0.5) is 4.39 Å². The Hall–Kier alpha value is -3.48. The molecule has 2 amide bonds. The molecule has 2 heterocycles. The molecule has 1 aromatic heterocycles. The number of halogens is 1. The minimum Gasteiger partial charge on any atom is -0.505 e. The lowest BCUT2D eigenvalue weighted by Crippen LogP contribution is -2.21. The fourth-order valence-corrected chi connectivity index (χ4v) is 3.64. The molecular formula is C21H18FN3O3. The summed E-state index contributed by atoms with van der Waals surface area (Å²) in [4.78, 5) is 30.8. The van der Waals surface area contributed by atoms with Crippen LogP contribution in [0.3, 0.4) is 0 Å². The molecule has 6 nitrogen and oxygen atoms in total. The van der Waals surface area contributed by atoms with E-state index in [1.54, 1.807) is 31.4 Å². The Bertz CT molecular complexity index is 1130. The lowest BCUT2D eigenvalue weighted by Gasteiger charge is -2.13. The van der Waals surface area contributed by atoms with Crippen molar-refractivity contribution in [1.82, 2.24) is 15.2 Å². The highest BCUT2D eigenvalue weighted by Gasteiger charge is 2.34. The van der Waals surface area contributed by atoms with Crippen molar-refractivity contribution in [3.8, 4) is 5.75 Å². The Balaban J connectivity index is 1.92. The third kappa shape index (κ3) is 2.76. The number of aromatic hydroxyl groups is 1. The zero-order valence-corrected chi connectivity index (χ0v) is 15.4. The van der Waals surface area contributed by atoms with Crippen molar-refractivity contribution in [3.05, 3.63) is 70.2 Å². The number of fused-ring (bicyclic) bond motifs is 2. The summed E-state index contributed by atoms with van der Waals surface area (Å²) in [5.74, 6) is -1.20. The summed E-state index contributed by atoms with van der Waals surface area (Å²) in [5.41, 5.74) is 2.89. The molecule has 0 bridgehead atoms. The second-order valence-electron chi connectivity index (χ2n) is 6.86. The average molecular weight is 379 g/mol. The first kappa shape index (κ1) is 17.9. The van der Waals surface area contributed by atoms with Gasteiger partial charge in [-0.3, -0.25) is 14.6 Å². The van der Waals surface area contributed by atoms with Crippen LogP contribution in [-0.2, 0) is 13.0 Å². The second-order valence-corrected chi connectivity index (χ2v) is 6.86. The largest absolute Gasteiger partial charge is 0.505 e. The molecule has 3 aromatic rings. The number of hydrogen-bond acceptors (Lipinski definition) is 4. The number of phenolic OH excluding ortho intramolecular Hbond substituents is 1. The molecule has 0 atom stereocenters. The number of rotatable bonds is 3. The van der Waals surface area contributed by atoms with Crippen molar-refractivity contribution >= 4 is 22.7 Å². The number of carbonyl (C=O) groups is 2. The van der Waals surface area contributed by atoms with Crippen molar-refractivity contribution < 1.29 is 19.1 Å². The lowest BCUT2D eigenvalue weighted by molar-refractivity contribution is 0.0813. The summed E-state index contributed by atoms with van der Waals surface area (Å²) >= 11 is 0. The highest BCUT2D eigenvalue weighted by Crippen LogP contribution is 2.39. The number of phenols is 1. The first-order valence-electron chi connectivity index (χ1n) is 8.79. The Kier molecular flexibility index (Phi) is 4.22. The third-order valence-corrected chi connectivity index (χ3v) is 5.01. The molecule has 0 saturated carbocycles. The minimum atomic E-state index is -0.343. The van der Waals surface area contributed by atoms with Gasteiger partial charge in [0.2, 0.25) is 0 Å². The average Bonchev–Trinajstić information content (AvgIpc) is 2.98. The van der Waals surface area contributed by atoms with Gasteiger partial charge in [0.05, 0.1) is 11.1 Å². The van der Waals surface area contributed by atoms with Crippen LogP contribution in [-0.4, -0.2) is 40.9 Å². The summed E-state index contributed by atoms with van der Waals surface area (Å²) < 4.78 is 13.1. The predicted octanol–water partition coefficient (Wildman–Crippen LogP) is 2.62. The van der Waals surface area contributed by atoms with E-state index in [1.807, 2.05) is 0 Å². The van der Waals surface area contributed by atoms with Gasteiger partial charge in [-0.15, -0.1) is 0 Å². The topological polar surface area (TPSA) is 82.5 Å². The van der Waals surface area contributed by atoms with E-state index in [-0.39, 0.29) is 41.0 Å². The zero-order valence-electron chi connectivity index (χ0n) is 15.4. The normalized spacial score (nSPS) is 13.1. The summed E-state index contributed by atoms with van der Waals surface area (Å²) in [6, 6.07) is 7.94. The number of carbonyl (C=O) groups excluding carboxylic acids is 2. The lowest BCUT2D eigenvalue weighted by atomic mass is 9.94. The Labute approximate surface area is 160 Å². The first-order valence-corrected chi connectivity index (χ1v) is 8.79. The predicted molar refractivity (Wildman–Crippen MR) is 102 cm³/mol. The second kappa shape index (κ2) is 6.60. The molecule has 4 rings (SSSR count). The van der Waals surface area contributed by atoms with Crippen LogP contribution in [0.25, 0.3) is 10.9 Å². The van der Waals surface area contributed by atoms with Gasteiger partial charge >= 0.3 is 0 Å². The van der Waals surface area contributed by atoms with Crippen molar-refractivity contribution in [2.24, 2.45) is 0 Å². The Morgan fingerprint density at radius 2 is 2.00 bits per heavy atom. The molecule has 0 saturated heterocycles. The molecule has 2 N–H and O–H groups in total. The van der Waals surface area contributed by atoms with E-state index >= 15 is 0 Å². The number of nitrogens with one attached hydrogen (secondary N) is 1. The van der Waals surface area contributed by atoms with Crippen LogP contribution in [0, 0.1) is 5.82 Å². The van der Waals surface area contributed by atoms with Crippen LogP contribution in [0.15, 0.2) is 36.5 Å². The number of benzene rings is 2. The zero-order chi connectivity index (χ0) is 20.0. The number of aromatic nitrogens is 1. The molecule has 0 fully saturated rings. The molecule has 1 aliphatic rings. The molecule has 0 radical (unpaired) electrons. The molecule has 0 spiro atoms. The molecule has 0 aliphatic carbocycles. The summed E-state index contributed by atoms with van der Waals surface area (Å²) in [6.07, 6.45) is 2.08. The maximum absolute atomic E-state index is 13.1. The molecule has 7 heteroatoms. The molecule has 28 heavy (non-hydrogen) atoms. The number of nitrogens with zero attached hydrogens (tertiary/aromatic N) is 2.